The van der Waals surface area contributed by atoms with Gasteiger partial charge in [-0.3, -0.25) is 19.7 Å². The average Bonchev–Trinajstić information content (AvgIpc) is 2.53. The number of nitrogens with one attached hydrogen (secondary N) is 1. The van der Waals surface area contributed by atoms with Gasteiger partial charge in [0, 0.05) is 11.6 Å². The van der Waals surface area contributed by atoms with Crippen LogP contribution < -0.4 is 11.1 Å². The van der Waals surface area contributed by atoms with E-state index >= 15 is 0 Å². The molecule has 0 unspecified atom stereocenters. The number of carbonyl (C=O) groups is 2. The SMILES string of the molecule is CC(=O)c1ccc(N[C@@H](C(N)=O)c2ccc(F)cc2)c([N+](=O)[O-])c1. The fourth-order valence-corrected chi connectivity index (χ4v) is 2.15. The molecule has 0 saturated carbocycles. The van der Waals surface area contributed by atoms with Crippen molar-refractivity contribution in [2.45, 2.75) is 13.0 Å². The van der Waals surface area contributed by atoms with Crippen molar-refractivity contribution in [3.63, 3.8) is 0 Å². The molecule has 2 aromatic carbocycles. The standard InChI is InChI=1S/C16H14FN3O4/c1-9(21)11-4-7-13(14(8-11)20(23)24)19-15(16(18)22)10-2-5-12(17)6-3-10/h2-8,15,19H,1H3,(H2,18,22)/t15-/m1/s1. The number of anilines is 1. The molecule has 24 heavy (non-hydrogen) atoms. The van der Waals surface area contributed by atoms with E-state index in [9.17, 15) is 24.1 Å². The van der Waals surface area contributed by atoms with Crippen LogP contribution in [0.1, 0.15) is 28.9 Å². The molecule has 0 spiro atoms. The summed E-state index contributed by atoms with van der Waals surface area (Å²) < 4.78 is 13.0. The Balaban J connectivity index is 2.42. The number of ketones is 1. The predicted molar refractivity (Wildman–Crippen MR) is 85.1 cm³/mol. The number of Topliss-reactive ketones (excluding diaryl/α,β-unsaturated/α-hetero) is 1. The maximum Gasteiger partial charge on any atom is 0.293 e. The molecule has 2 rings (SSSR count). The molecule has 1 amide bonds. The van der Waals surface area contributed by atoms with Crippen LogP contribution in [0.4, 0.5) is 15.8 Å². The third kappa shape index (κ3) is 3.72. The third-order valence-corrected chi connectivity index (χ3v) is 3.39. The van der Waals surface area contributed by atoms with E-state index in [0.717, 1.165) is 18.2 Å². The molecule has 0 aliphatic rings. The quantitative estimate of drug-likeness (QED) is 0.479. The minimum Gasteiger partial charge on any atom is -0.368 e. The Hall–Kier alpha value is -3.29. The molecular formula is C16H14FN3O4. The summed E-state index contributed by atoms with van der Waals surface area (Å²) in [7, 11) is 0. The number of carbonyl (C=O) groups excluding carboxylic acids is 2. The van der Waals surface area contributed by atoms with Crippen molar-refractivity contribution < 1.29 is 18.9 Å². The van der Waals surface area contributed by atoms with Crippen LogP contribution in [0.15, 0.2) is 42.5 Å². The van der Waals surface area contributed by atoms with Gasteiger partial charge in [0.15, 0.2) is 5.78 Å². The molecule has 0 fully saturated rings. The molecule has 8 heteroatoms. The first-order chi connectivity index (χ1) is 11.3. The summed E-state index contributed by atoms with van der Waals surface area (Å²) >= 11 is 0. The number of primary amides is 1. The highest BCUT2D eigenvalue weighted by Crippen LogP contribution is 2.29. The van der Waals surface area contributed by atoms with Crippen molar-refractivity contribution in [2.75, 3.05) is 5.32 Å². The van der Waals surface area contributed by atoms with Crippen molar-refractivity contribution in [2.24, 2.45) is 5.73 Å². The Morgan fingerprint density at radius 3 is 2.33 bits per heavy atom. The number of amides is 1. The van der Waals surface area contributed by atoms with E-state index in [1.165, 1.54) is 31.2 Å². The topological polar surface area (TPSA) is 115 Å². The molecule has 0 radical (unpaired) electrons. The zero-order valence-corrected chi connectivity index (χ0v) is 12.7. The second kappa shape index (κ2) is 6.86. The van der Waals surface area contributed by atoms with Crippen LogP contribution in [0.5, 0.6) is 0 Å². The number of nitro benzene ring substituents is 1. The van der Waals surface area contributed by atoms with Crippen molar-refractivity contribution in [3.8, 4) is 0 Å². The van der Waals surface area contributed by atoms with Gasteiger partial charge >= 0.3 is 0 Å². The summed E-state index contributed by atoms with van der Waals surface area (Å²) in [6.07, 6.45) is 0. The van der Waals surface area contributed by atoms with Gasteiger partial charge in [-0.15, -0.1) is 0 Å². The summed E-state index contributed by atoms with van der Waals surface area (Å²) in [5.74, 6) is -1.60. The fraction of sp³-hybridized carbons (Fsp3) is 0.125. The molecule has 7 nitrogen and oxygen atoms in total. The summed E-state index contributed by atoms with van der Waals surface area (Å²) in [5.41, 5.74) is 5.53. The third-order valence-electron chi connectivity index (χ3n) is 3.39. The number of rotatable bonds is 6. The van der Waals surface area contributed by atoms with Gasteiger partial charge in [0.05, 0.1) is 4.92 Å². The summed E-state index contributed by atoms with van der Waals surface area (Å²) in [4.78, 5) is 33.6. The Morgan fingerprint density at radius 2 is 1.83 bits per heavy atom. The van der Waals surface area contributed by atoms with Gasteiger partial charge in [-0.1, -0.05) is 12.1 Å². The summed E-state index contributed by atoms with van der Waals surface area (Å²) in [6.45, 7) is 1.29. The second-order valence-corrected chi connectivity index (χ2v) is 5.08. The maximum absolute atomic E-state index is 13.0. The van der Waals surface area contributed by atoms with Gasteiger partial charge in [0.1, 0.15) is 17.5 Å². The molecule has 3 N–H and O–H groups in total. The lowest BCUT2D eigenvalue weighted by molar-refractivity contribution is -0.384. The number of nitrogens with two attached hydrogens (primary N) is 1. The first-order valence-corrected chi connectivity index (χ1v) is 6.90. The zero-order valence-electron chi connectivity index (χ0n) is 12.7. The lowest BCUT2D eigenvalue weighted by atomic mass is 10.0. The van der Waals surface area contributed by atoms with Crippen molar-refractivity contribution in [3.05, 3.63) is 69.5 Å². The number of hydrogen-bond acceptors (Lipinski definition) is 5. The fourth-order valence-electron chi connectivity index (χ4n) is 2.15. The lowest BCUT2D eigenvalue weighted by Crippen LogP contribution is -2.28. The second-order valence-electron chi connectivity index (χ2n) is 5.08. The smallest absolute Gasteiger partial charge is 0.293 e. The predicted octanol–water partition coefficient (Wildman–Crippen LogP) is 2.58. The first kappa shape index (κ1) is 17.1. The minimum atomic E-state index is -1.09. The normalized spacial score (nSPS) is 11.6. The lowest BCUT2D eigenvalue weighted by Gasteiger charge is -2.17. The van der Waals surface area contributed by atoms with E-state index in [-0.39, 0.29) is 22.7 Å². The number of halogens is 1. The minimum absolute atomic E-state index is 0.0260. The van der Waals surface area contributed by atoms with E-state index < -0.39 is 22.7 Å². The van der Waals surface area contributed by atoms with Crippen LogP contribution in [-0.4, -0.2) is 16.6 Å². The van der Waals surface area contributed by atoms with Crippen LogP contribution in [-0.2, 0) is 4.79 Å². The Morgan fingerprint density at radius 1 is 1.21 bits per heavy atom. The van der Waals surface area contributed by atoms with Crippen LogP contribution in [0.3, 0.4) is 0 Å². The number of hydrogen-bond donors (Lipinski definition) is 2. The van der Waals surface area contributed by atoms with Crippen molar-refractivity contribution in [1.82, 2.24) is 0 Å². The van der Waals surface area contributed by atoms with E-state index in [0.29, 0.717) is 5.56 Å². The maximum atomic E-state index is 13.0. The van der Waals surface area contributed by atoms with E-state index in [1.54, 1.807) is 0 Å². The molecule has 0 aromatic heterocycles. The highest BCUT2D eigenvalue weighted by Gasteiger charge is 2.23. The molecule has 0 heterocycles. The number of benzene rings is 2. The Bertz CT molecular complexity index is 805. The van der Waals surface area contributed by atoms with Crippen molar-refractivity contribution in [1.29, 1.82) is 0 Å². The van der Waals surface area contributed by atoms with E-state index in [2.05, 4.69) is 5.32 Å². The van der Waals surface area contributed by atoms with Gasteiger partial charge in [0.25, 0.3) is 5.69 Å². The Labute approximate surface area is 136 Å². The highest BCUT2D eigenvalue weighted by molar-refractivity contribution is 5.96. The van der Waals surface area contributed by atoms with Crippen LogP contribution in [0.25, 0.3) is 0 Å². The molecule has 124 valence electrons. The largest absolute Gasteiger partial charge is 0.368 e. The van der Waals surface area contributed by atoms with Gasteiger partial charge < -0.3 is 11.1 Å². The summed E-state index contributed by atoms with van der Waals surface area (Å²) in [5, 5.41) is 13.9. The van der Waals surface area contributed by atoms with Gasteiger partial charge in [-0.2, -0.15) is 0 Å². The number of nitro groups is 1. The average molecular weight is 331 g/mol. The molecule has 0 aliphatic carbocycles. The molecular weight excluding hydrogens is 317 g/mol. The van der Waals surface area contributed by atoms with Gasteiger partial charge in [0.2, 0.25) is 5.91 Å². The van der Waals surface area contributed by atoms with Crippen LogP contribution >= 0.6 is 0 Å². The van der Waals surface area contributed by atoms with Crippen molar-refractivity contribution >= 4 is 23.1 Å². The first-order valence-electron chi connectivity index (χ1n) is 6.90. The number of nitrogens with zero attached hydrogens (tertiary/aromatic N) is 1. The molecule has 2 aromatic rings. The molecule has 0 aliphatic heterocycles. The molecule has 1 atom stereocenters. The van der Waals surface area contributed by atoms with Crippen LogP contribution in [0, 0.1) is 15.9 Å². The van der Waals surface area contributed by atoms with Gasteiger partial charge in [-0.05, 0) is 36.8 Å². The van der Waals surface area contributed by atoms with E-state index in [1.807, 2.05) is 0 Å². The van der Waals surface area contributed by atoms with Gasteiger partial charge in [-0.25, -0.2) is 4.39 Å². The molecule has 0 bridgehead atoms. The van der Waals surface area contributed by atoms with Crippen LogP contribution in [0.2, 0.25) is 0 Å². The monoisotopic (exact) mass is 331 g/mol. The zero-order chi connectivity index (χ0) is 17.9. The van der Waals surface area contributed by atoms with E-state index in [4.69, 9.17) is 5.73 Å². The summed E-state index contributed by atoms with van der Waals surface area (Å²) in [6, 6.07) is 7.77. The Kier molecular flexibility index (Phi) is 4.88. The highest BCUT2D eigenvalue weighted by atomic mass is 19.1. The molecule has 0 saturated heterocycles.